The van der Waals surface area contributed by atoms with Gasteiger partial charge in [0.25, 0.3) is 0 Å². The van der Waals surface area contributed by atoms with E-state index in [-0.39, 0.29) is 5.69 Å². The summed E-state index contributed by atoms with van der Waals surface area (Å²) >= 11 is 0. The van der Waals surface area contributed by atoms with Gasteiger partial charge in [0, 0.05) is 11.6 Å². The summed E-state index contributed by atoms with van der Waals surface area (Å²) in [6, 6.07) is 2.28. The third-order valence-electron chi connectivity index (χ3n) is 2.30. The predicted molar refractivity (Wildman–Crippen MR) is 50.9 cm³/mol. The van der Waals surface area contributed by atoms with E-state index >= 15 is 0 Å². The summed E-state index contributed by atoms with van der Waals surface area (Å²) in [5.74, 6) is -1.86. The molecule has 0 aromatic carbocycles. The van der Waals surface area contributed by atoms with E-state index in [1.807, 2.05) is 0 Å². The molecular formula is C10H12FNO3. The van der Waals surface area contributed by atoms with Gasteiger partial charge in [0.1, 0.15) is 5.82 Å². The lowest BCUT2D eigenvalue weighted by Crippen LogP contribution is -2.40. The topological polar surface area (TPSA) is 70.4 Å². The maximum absolute atomic E-state index is 12.9. The van der Waals surface area contributed by atoms with Crippen molar-refractivity contribution in [2.24, 2.45) is 0 Å². The number of aliphatic carboxylic acids is 1. The first-order valence-corrected chi connectivity index (χ1v) is 4.38. The van der Waals surface area contributed by atoms with Crippen molar-refractivity contribution in [1.29, 1.82) is 0 Å². The molecule has 0 saturated heterocycles. The number of carboxylic acid groups (broad SMARTS) is 1. The highest BCUT2D eigenvalue weighted by molar-refractivity contribution is 5.74. The minimum absolute atomic E-state index is 0.206. The Kier molecular flexibility index (Phi) is 3.04. The first-order valence-electron chi connectivity index (χ1n) is 4.38. The summed E-state index contributed by atoms with van der Waals surface area (Å²) in [4.78, 5) is 14.5. The lowest BCUT2D eigenvalue weighted by Gasteiger charge is -2.26. The normalized spacial score (nSPS) is 13.6. The maximum atomic E-state index is 12.9. The van der Waals surface area contributed by atoms with Crippen LogP contribution < -0.4 is 0 Å². The first-order chi connectivity index (χ1) is 6.85. The molecule has 0 bridgehead atoms. The van der Waals surface area contributed by atoms with Crippen molar-refractivity contribution >= 4 is 5.97 Å². The Morgan fingerprint density at radius 3 is 2.67 bits per heavy atom. The van der Waals surface area contributed by atoms with E-state index in [0.29, 0.717) is 0 Å². The Morgan fingerprint density at radius 2 is 2.20 bits per heavy atom. The van der Waals surface area contributed by atoms with Crippen LogP contribution in [0.5, 0.6) is 0 Å². The van der Waals surface area contributed by atoms with Crippen LogP contribution >= 0.6 is 0 Å². The number of aromatic nitrogens is 1. The Labute approximate surface area is 86.4 Å². The summed E-state index contributed by atoms with van der Waals surface area (Å²) in [5.41, 5.74) is -0.925. The number of hydrogen-bond donors (Lipinski definition) is 2. The van der Waals surface area contributed by atoms with E-state index < -0.39 is 23.3 Å². The molecule has 0 spiro atoms. The highest BCUT2D eigenvalue weighted by atomic mass is 19.1. The van der Waals surface area contributed by atoms with E-state index in [0.717, 1.165) is 12.1 Å². The zero-order valence-corrected chi connectivity index (χ0v) is 8.44. The molecule has 2 N–H and O–H groups in total. The molecule has 1 rings (SSSR count). The molecule has 82 valence electrons. The number of hydrogen-bond acceptors (Lipinski definition) is 3. The van der Waals surface area contributed by atoms with Gasteiger partial charge >= 0.3 is 5.97 Å². The van der Waals surface area contributed by atoms with Crippen LogP contribution in [-0.4, -0.2) is 27.3 Å². The van der Waals surface area contributed by atoms with Crippen molar-refractivity contribution in [2.45, 2.75) is 25.4 Å². The van der Waals surface area contributed by atoms with Crippen LogP contribution in [0.4, 0.5) is 4.39 Å². The molecule has 0 aliphatic rings. The number of aliphatic hydroxyl groups is 1. The zero-order chi connectivity index (χ0) is 11.6. The number of halogens is 1. The zero-order valence-electron chi connectivity index (χ0n) is 8.44. The van der Waals surface area contributed by atoms with Crippen molar-refractivity contribution in [1.82, 2.24) is 4.98 Å². The number of aliphatic hydroxyl groups excluding tert-OH is 1. The molecule has 15 heavy (non-hydrogen) atoms. The van der Waals surface area contributed by atoms with Crippen molar-refractivity contribution in [3.63, 3.8) is 0 Å². The van der Waals surface area contributed by atoms with Gasteiger partial charge in [-0.25, -0.2) is 9.18 Å². The molecule has 4 nitrogen and oxygen atoms in total. The summed E-state index contributed by atoms with van der Waals surface area (Å²) in [6.07, 6.45) is -0.382. The quantitative estimate of drug-likeness (QED) is 0.784. The molecular weight excluding hydrogens is 201 g/mol. The van der Waals surface area contributed by atoms with E-state index in [2.05, 4.69) is 4.98 Å². The first kappa shape index (κ1) is 11.6. The van der Waals surface area contributed by atoms with Crippen LogP contribution in [0.1, 0.15) is 19.5 Å². The number of pyridine rings is 1. The minimum atomic E-state index is -1.62. The molecule has 0 amide bonds. The average molecular weight is 213 g/mol. The summed E-state index contributed by atoms with van der Waals surface area (Å²) in [6.45, 7) is 2.99. The fourth-order valence-corrected chi connectivity index (χ4v) is 1.21. The molecule has 1 aromatic heterocycles. The Morgan fingerprint density at radius 1 is 1.60 bits per heavy atom. The van der Waals surface area contributed by atoms with Crippen molar-refractivity contribution in [2.75, 3.05) is 0 Å². The van der Waals surface area contributed by atoms with Gasteiger partial charge in [-0.1, -0.05) is 13.8 Å². The van der Waals surface area contributed by atoms with Crippen LogP contribution in [-0.2, 0) is 10.2 Å². The van der Waals surface area contributed by atoms with Gasteiger partial charge in [0.15, 0.2) is 6.10 Å². The van der Waals surface area contributed by atoms with Gasteiger partial charge in [0.2, 0.25) is 0 Å². The third-order valence-corrected chi connectivity index (χ3v) is 2.30. The van der Waals surface area contributed by atoms with Crippen molar-refractivity contribution < 1.29 is 19.4 Å². The maximum Gasteiger partial charge on any atom is 0.333 e. The third kappa shape index (κ3) is 2.30. The monoisotopic (exact) mass is 213 g/mol. The smallest absolute Gasteiger partial charge is 0.333 e. The van der Waals surface area contributed by atoms with E-state index in [9.17, 15) is 14.3 Å². The second kappa shape index (κ2) is 3.94. The Bertz CT molecular complexity index is 379. The molecule has 1 atom stereocenters. The Balaban J connectivity index is 3.10. The van der Waals surface area contributed by atoms with Crippen LogP contribution in [0.15, 0.2) is 18.3 Å². The molecule has 0 aliphatic heterocycles. The van der Waals surface area contributed by atoms with Crippen LogP contribution in [0.25, 0.3) is 0 Å². The van der Waals surface area contributed by atoms with Gasteiger partial charge in [-0.15, -0.1) is 0 Å². The average Bonchev–Trinajstić information content (AvgIpc) is 2.16. The summed E-state index contributed by atoms with van der Waals surface area (Å²) < 4.78 is 12.9. The lowest BCUT2D eigenvalue weighted by atomic mass is 9.82. The van der Waals surface area contributed by atoms with Gasteiger partial charge in [0.05, 0.1) is 5.69 Å². The molecule has 1 heterocycles. The molecule has 0 aliphatic carbocycles. The number of rotatable bonds is 3. The second-order valence-electron chi connectivity index (χ2n) is 3.82. The van der Waals surface area contributed by atoms with Gasteiger partial charge < -0.3 is 10.2 Å². The standard InChI is InChI=1S/C10H12FNO3/c1-10(2,8(13)9(14)15)7-5-6(11)3-4-12-7/h3-5,8,13H,1-2H3,(H,14,15). The summed E-state index contributed by atoms with van der Waals surface area (Å²) in [7, 11) is 0. The van der Waals surface area contributed by atoms with Crippen molar-refractivity contribution in [3.05, 3.63) is 29.8 Å². The molecule has 0 fully saturated rings. The van der Waals surface area contributed by atoms with E-state index in [4.69, 9.17) is 5.11 Å². The lowest BCUT2D eigenvalue weighted by molar-refractivity contribution is -0.150. The molecule has 0 saturated carbocycles. The fraction of sp³-hybridized carbons (Fsp3) is 0.400. The van der Waals surface area contributed by atoms with E-state index in [1.165, 1.54) is 20.0 Å². The molecule has 1 unspecified atom stereocenters. The largest absolute Gasteiger partial charge is 0.479 e. The van der Waals surface area contributed by atoms with Gasteiger partial charge in [-0.05, 0) is 12.1 Å². The highest BCUT2D eigenvalue weighted by Gasteiger charge is 2.36. The number of nitrogens with zero attached hydrogens (tertiary/aromatic N) is 1. The number of carboxylic acids is 1. The SMILES string of the molecule is CC(C)(c1cc(F)ccn1)C(O)C(=O)O. The Hall–Kier alpha value is -1.49. The van der Waals surface area contributed by atoms with Crippen LogP contribution in [0.3, 0.4) is 0 Å². The van der Waals surface area contributed by atoms with Gasteiger partial charge in [-0.2, -0.15) is 0 Å². The fourth-order valence-electron chi connectivity index (χ4n) is 1.21. The molecule has 1 aromatic rings. The minimum Gasteiger partial charge on any atom is -0.479 e. The van der Waals surface area contributed by atoms with Crippen LogP contribution in [0, 0.1) is 5.82 Å². The second-order valence-corrected chi connectivity index (χ2v) is 3.82. The van der Waals surface area contributed by atoms with Gasteiger partial charge in [-0.3, -0.25) is 4.98 Å². The van der Waals surface area contributed by atoms with E-state index in [1.54, 1.807) is 0 Å². The summed E-state index contributed by atoms with van der Waals surface area (Å²) in [5, 5.41) is 18.1. The molecule has 5 heteroatoms. The predicted octanol–water partition coefficient (Wildman–Crippen LogP) is 0.944. The van der Waals surface area contributed by atoms with Crippen molar-refractivity contribution in [3.8, 4) is 0 Å². The highest BCUT2D eigenvalue weighted by Crippen LogP contribution is 2.25. The number of carbonyl (C=O) groups is 1. The molecule has 0 radical (unpaired) electrons. The van der Waals surface area contributed by atoms with Crippen LogP contribution in [0.2, 0.25) is 0 Å².